The molecule has 0 atom stereocenters. The summed E-state index contributed by atoms with van der Waals surface area (Å²) in [5, 5.41) is 10.1. The van der Waals surface area contributed by atoms with Gasteiger partial charge in [0.25, 0.3) is 0 Å². The molecule has 0 radical (unpaired) electrons. The molecule has 3 N–H and O–H groups in total. The third-order valence-corrected chi connectivity index (χ3v) is 5.22. The standard InChI is InChI=1S/C27H24F3N3/c28-22-7-1-19(2-8-22)16-31-25-13-14-26(32-17-20-3-9-23(29)10-4-20)27(15-25)33-18-21-5-11-24(30)12-6-21/h1-15,31-33H,16-18H2. The van der Waals surface area contributed by atoms with Gasteiger partial charge in [-0.3, -0.25) is 0 Å². The lowest BCUT2D eigenvalue weighted by atomic mass is 10.1. The van der Waals surface area contributed by atoms with Gasteiger partial charge in [-0.15, -0.1) is 0 Å². The summed E-state index contributed by atoms with van der Waals surface area (Å²) in [6.45, 7) is 1.61. The van der Waals surface area contributed by atoms with Crippen molar-refractivity contribution in [3.05, 3.63) is 125 Å². The molecule has 0 amide bonds. The van der Waals surface area contributed by atoms with Gasteiger partial charge in [-0.05, 0) is 71.3 Å². The maximum Gasteiger partial charge on any atom is 0.123 e. The predicted octanol–water partition coefficient (Wildman–Crippen LogP) is 6.94. The molecule has 6 heteroatoms. The fourth-order valence-electron chi connectivity index (χ4n) is 3.36. The molecule has 4 aromatic carbocycles. The smallest absolute Gasteiger partial charge is 0.123 e. The second kappa shape index (κ2) is 10.6. The lowest BCUT2D eigenvalue weighted by Crippen LogP contribution is -2.07. The summed E-state index contributed by atoms with van der Waals surface area (Å²) < 4.78 is 39.5. The first-order valence-corrected chi connectivity index (χ1v) is 10.6. The summed E-state index contributed by atoms with van der Waals surface area (Å²) in [4.78, 5) is 0. The molecule has 0 aliphatic heterocycles. The van der Waals surface area contributed by atoms with Gasteiger partial charge in [-0.1, -0.05) is 36.4 Å². The summed E-state index contributed by atoms with van der Waals surface area (Å²) in [7, 11) is 0. The van der Waals surface area contributed by atoms with Crippen LogP contribution in [0.5, 0.6) is 0 Å². The van der Waals surface area contributed by atoms with Crippen LogP contribution in [0.15, 0.2) is 91.0 Å². The van der Waals surface area contributed by atoms with Crippen molar-refractivity contribution >= 4 is 17.1 Å². The first-order chi connectivity index (χ1) is 16.0. The van der Waals surface area contributed by atoms with E-state index < -0.39 is 0 Å². The van der Waals surface area contributed by atoms with Gasteiger partial charge in [0.2, 0.25) is 0 Å². The molecule has 33 heavy (non-hydrogen) atoms. The van der Waals surface area contributed by atoms with E-state index >= 15 is 0 Å². The Kier molecular flexibility index (Phi) is 7.15. The van der Waals surface area contributed by atoms with Crippen molar-refractivity contribution in [1.82, 2.24) is 0 Å². The van der Waals surface area contributed by atoms with Gasteiger partial charge in [0.15, 0.2) is 0 Å². The van der Waals surface area contributed by atoms with E-state index in [0.29, 0.717) is 19.6 Å². The molecule has 0 spiro atoms. The van der Waals surface area contributed by atoms with Gasteiger partial charge >= 0.3 is 0 Å². The van der Waals surface area contributed by atoms with E-state index in [2.05, 4.69) is 16.0 Å². The van der Waals surface area contributed by atoms with Gasteiger partial charge in [0.1, 0.15) is 17.5 Å². The fraction of sp³-hybridized carbons (Fsp3) is 0.111. The van der Waals surface area contributed by atoms with Gasteiger partial charge in [0.05, 0.1) is 11.4 Å². The quantitative estimate of drug-likeness (QED) is 0.260. The lowest BCUT2D eigenvalue weighted by molar-refractivity contribution is 0.626. The average molecular weight is 448 g/mol. The molecule has 0 saturated heterocycles. The van der Waals surface area contributed by atoms with Crippen LogP contribution in [0, 0.1) is 17.5 Å². The van der Waals surface area contributed by atoms with E-state index in [9.17, 15) is 13.2 Å². The van der Waals surface area contributed by atoms with Gasteiger partial charge in [0, 0.05) is 25.3 Å². The van der Waals surface area contributed by atoms with Crippen molar-refractivity contribution < 1.29 is 13.2 Å². The summed E-state index contributed by atoms with van der Waals surface area (Å²) >= 11 is 0. The fourth-order valence-corrected chi connectivity index (χ4v) is 3.36. The van der Waals surface area contributed by atoms with Crippen LogP contribution in [0.25, 0.3) is 0 Å². The third kappa shape index (κ3) is 6.53. The second-order valence-electron chi connectivity index (χ2n) is 7.70. The number of anilines is 3. The maximum absolute atomic E-state index is 13.2. The molecule has 4 rings (SSSR count). The Morgan fingerprint density at radius 1 is 0.424 bits per heavy atom. The molecule has 0 heterocycles. The van der Waals surface area contributed by atoms with Gasteiger partial charge in [-0.25, -0.2) is 13.2 Å². The molecule has 0 unspecified atom stereocenters. The van der Waals surface area contributed by atoms with Gasteiger partial charge in [-0.2, -0.15) is 0 Å². The molecule has 4 aromatic rings. The normalized spacial score (nSPS) is 10.6. The minimum absolute atomic E-state index is 0.261. The number of benzene rings is 4. The van der Waals surface area contributed by atoms with Crippen LogP contribution >= 0.6 is 0 Å². The van der Waals surface area contributed by atoms with E-state index in [4.69, 9.17) is 0 Å². The van der Waals surface area contributed by atoms with Crippen LogP contribution in [0.2, 0.25) is 0 Å². The highest BCUT2D eigenvalue weighted by atomic mass is 19.1. The van der Waals surface area contributed by atoms with Crippen LogP contribution in [-0.4, -0.2) is 0 Å². The number of hydrogen-bond acceptors (Lipinski definition) is 3. The van der Waals surface area contributed by atoms with E-state index in [1.807, 2.05) is 18.2 Å². The van der Waals surface area contributed by atoms with Crippen molar-refractivity contribution in [2.24, 2.45) is 0 Å². The van der Waals surface area contributed by atoms with Crippen molar-refractivity contribution in [2.75, 3.05) is 16.0 Å². The zero-order chi connectivity index (χ0) is 23.0. The largest absolute Gasteiger partial charge is 0.381 e. The summed E-state index contributed by atoms with van der Waals surface area (Å²) in [5.74, 6) is -0.799. The molecule has 0 bridgehead atoms. The first kappa shape index (κ1) is 22.3. The third-order valence-electron chi connectivity index (χ3n) is 5.22. The minimum atomic E-state index is -0.271. The highest BCUT2D eigenvalue weighted by Crippen LogP contribution is 2.27. The Morgan fingerprint density at radius 2 is 0.818 bits per heavy atom. The number of hydrogen-bond donors (Lipinski definition) is 3. The molecule has 0 saturated carbocycles. The van der Waals surface area contributed by atoms with Crippen molar-refractivity contribution in [3.63, 3.8) is 0 Å². The van der Waals surface area contributed by atoms with E-state index in [-0.39, 0.29) is 17.5 Å². The van der Waals surface area contributed by atoms with Crippen LogP contribution in [-0.2, 0) is 19.6 Å². The Morgan fingerprint density at radius 3 is 1.27 bits per heavy atom. The summed E-state index contributed by atoms with van der Waals surface area (Å²) in [6.07, 6.45) is 0. The first-order valence-electron chi connectivity index (χ1n) is 10.6. The maximum atomic E-state index is 13.2. The van der Waals surface area contributed by atoms with Crippen molar-refractivity contribution in [1.29, 1.82) is 0 Å². The van der Waals surface area contributed by atoms with Crippen LogP contribution in [0.4, 0.5) is 30.2 Å². The Hall–Kier alpha value is -3.93. The summed E-state index contributed by atoms with van der Waals surface area (Å²) in [5.41, 5.74) is 5.52. The van der Waals surface area contributed by atoms with Crippen molar-refractivity contribution in [3.8, 4) is 0 Å². The average Bonchev–Trinajstić information content (AvgIpc) is 2.83. The van der Waals surface area contributed by atoms with Crippen LogP contribution in [0.1, 0.15) is 16.7 Å². The van der Waals surface area contributed by atoms with E-state index in [1.165, 1.54) is 36.4 Å². The summed E-state index contributed by atoms with van der Waals surface area (Å²) in [6, 6.07) is 25.0. The SMILES string of the molecule is Fc1ccc(CNc2ccc(NCc3ccc(F)cc3)c(NCc3ccc(F)cc3)c2)cc1. The van der Waals surface area contributed by atoms with Gasteiger partial charge < -0.3 is 16.0 Å². The number of halogens is 3. The molecule has 0 aromatic heterocycles. The number of nitrogens with one attached hydrogen (secondary N) is 3. The van der Waals surface area contributed by atoms with E-state index in [1.54, 1.807) is 36.4 Å². The topological polar surface area (TPSA) is 36.1 Å². The Labute approximate surface area is 191 Å². The van der Waals surface area contributed by atoms with Crippen molar-refractivity contribution in [2.45, 2.75) is 19.6 Å². The zero-order valence-electron chi connectivity index (χ0n) is 17.9. The lowest BCUT2D eigenvalue weighted by Gasteiger charge is -2.17. The van der Waals surface area contributed by atoms with E-state index in [0.717, 1.165) is 33.8 Å². The highest BCUT2D eigenvalue weighted by molar-refractivity contribution is 5.74. The zero-order valence-corrected chi connectivity index (χ0v) is 17.9. The highest BCUT2D eigenvalue weighted by Gasteiger charge is 2.06. The number of rotatable bonds is 9. The molecule has 0 fully saturated rings. The second-order valence-corrected chi connectivity index (χ2v) is 7.70. The molecule has 0 aliphatic rings. The van der Waals surface area contributed by atoms with Crippen LogP contribution < -0.4 is 16.0 Å². The minimum Gasteiger partial charge on any atom is -0.381 e. The monoisotopic (exact) mass is 447 g/mol. The molecular formula is C27H24F3N3. The predicted molar refractivity (Wildman–Crippen MR) is 128 cm³/mol. The molecular weight excluding hydrogens is 423 g/mol. The van der Waals surface area contributed by atoms with Crippen LogP contribution in [0.3, 0.4) is 0 Å². The Bertz CT molecular complexity index is 1170. The molecule has 0 aliphatic carbocycles. The molecule has 3 nitrogen and oxygen atoms in total. The Balaban J connectivity index is 1.48. The molecule has 168 valence electrons.